The van der Waals surface area contributed by atoms with Gasteiger partial charge in [0.1, 0.15) is 12.2 Å². The van der Waals surface area contributed by atoms with Crippen LogP contribution in [0.4, 0.5) is 15.5 Å². The van der Waals surface area contributed by atoms with E-state index in [-0.39, 0.29) is 12.5 Å². The summed E-state index contributed by atoms with van der Waals surface area (Å²) >= 11 is 0. The molecule has 0 saturated heterocycles. The van der Waals surface area contributed by atoms with Gasteiger partial charge in [-0.3, -0.25) is 5.32 Å². The van der Waals surface area contributed by atoms with Crippen molar-refractivity contribution in [1.82, 2.24) is 10.9 Å². The third-order valence-electron chi connectivity index (χ3n) is 3.56. The molecule has 3 N–H and O–H groups in total. The fourth-order valence-corrected chi connectivity index (χ4v) is 2.25. The highest BCUT2D eigenvalue weighted by Crippen LogP contribution is 2.22. The standard InChI is InChI=1S/C18H17N3O4/c1-12-6-2-3-8-14(12)11-24-18(23)21-20-17(22)19-16-10-13-7-4-5-9-15(13)25-16/h2-10H,11H2,1H3,(H,21,23)(H2,19,20,22). The lowest BCUT2D eigenvalue weighted by Crippen LogP contribution is -2.44. The Kier molecular flexibility index (Phi) is 4.84. The van der Waals surface area contributed by atoms with Gasteiger partial charge in [0.2, 0.25) is 5.88 Å². The summed E-state index contributed by atoms with van der Waals surface area (Å²) in [6.45, 7) is 2.04. The molecule has 0 atom stereocenters. The Hall–Kier alpha value is -3.48. The lowest BCUT2D eigenvalue weighted by atomic mass is 10.1. The molecule has 1 heterocycles. The Morgan fingerprint density at radius 2 is 1.80 bits per heavy atom. The number of hydrogen-bond donors (Lipinski definition) is 3. The van der Waals surface area contributed by atoms with E-state index in [4.69, 9.17) is 9.15 Å². The van der Waals surface area contributed by atoms with E-state index in [1.807, 2.05) is 49.4 Å². The number of aryl methyl sites for hydroxylation is 1. The van der Waals surface area contributed by atoms with Crippen LogP contribution in [-0.4, -0.2) is 12.1 Å². The molecule has 0 aliphatic rings. The maximum Gasteiger partial charge on any atom is 0.426 e. The number of ether oxygens (including phenoxy) is 1. The molecule has 3 amide bonds. The highest BCUT2D eigenvalue weighted by Gasteiger charge is 2.09. The van der Waals surface area contributed by atoms with Gasteiger partial charge in [-0.2, -0.15) is 0 Å². The first kappa shape index (κ1) is 16.4. The van der Waals surface area contributed by atoms with Gasteiger partial charge in [-0.25, -0.2) is 20.4 Å². The topological polar surface area (TPSA) is 92.6 Å². The number of fused-ring (bicyclic) bond motifs is 1. The van der Waals surface area contributed by atoms with Crippen LogP contribution in [0.25, 0.3) is 11.0 Å². The maximum atomic E-state index is 11.8. The number of nitrogens with one attached hydrogen (secondary N) is 3. The molecule has 1 aromatic heterocycles. The maximum absolute atomic E-state index is 11.8. The van der Waals surface area contributed by atoms with Gasteiger partial charge in [0.15, 0.2) is 0 Å². The van der Waals surface area contributed by atoms with Crippen molar-refractivity contribution < 1.29 is 18.7 Å². The normalized spacial score (nSPS) is 10.3. The molecule has 0 radical (unpaired) electrons. The summed E-state index contributed by atoms with van der Waals surface area (Å²) in [6, 6.07) is 16.0. The lowest BCUT2D eigenvalue weighted by Gasteiger charge is -2.09. The smallest absolute Gasteiger partial charge is 0.426 e. The third-order valence-corrected chi connectivity index (χ3v) is 3.56. The van der Waals surface area contributed by atoms with Crippen LogP contribution >= 0.6 is 0 Å². The van der Waals surface area contributed by atoms with Crippen LogP contribution in [0, 0.1) is 6.92 Å². The van der Waals surface area contributed by atoms with Crippen molar-refractivity contribution in [1.29, 1.82) is 0 Å². The zero-order chi connectivity index (χ0) is 17.6. The highest BCUT2D eigenvalue weighted by atomic mass is 16.6. The monoisotopic (exact) mass is 339 g/mol. The molecule has 25 heavy (non-hydrogen) atoms. The van der Waals surface area contributed by atoms with Crippen molar-refractivity contribution in [3.8, 4) is 0 Å². The molecule has 3 rings (SSSR count). The molecule has 2 aromatic carbocycles. The predicted octanol–water partition coefficient (Wildman–Crippen LogP) is 3.70. The van der Waals surface area contributed by atoms with Crippen molar-refractivity contribution in [3.05, 3.63) is 65.7 Å². The quantitative estimate of drug-likeness (QED) is 0.634. The SMILES string of the molecule is Cc1ccccc1COC(=O)NNC(=O)Nc1cc2ccccc2o1. The minimum Gasteiger partial charge on any atom is -0.443 e. The Balaban J connectivity index is 1.45. The zero-order valence-corrected chi connectivity index (χ0v) is 13.5. The van der Waals surface area contributed by atoms with Gasteiger partial charge in [0, 0.05) is 11.5 Å². The lowest BCUT2D eigenvalue weighted by molar-refractivity contribution is 0.135. The van der Waals surface area contributed by atoms with Gasteiger partial charge in [0.25, 0.3) is 0 Å². The summed E-state index contributed by atoms with van der Waals surface area (Å²) in [5.41, 5.74) is 6.92. The molecule has 0 bridgehead atoms. The number of carbonyl (C=O) groups excluding carboxylic acids is 2. The van der Waals surface area contributed by atoms with Crippen LogP contribution in [-0.2, 0) is 11.3 Å². The van der Waals surface area contributed by atoms with Crippen molar-refractivity contribution in [2.45, 2.75) is 13.5 Å². The second-order valence-corrected chi connectivity index (χ2v) is 5.36. The van der Waals surface area contributed by atoms with Gasteiger partial charge >= 0.3 is 12.1 Å². The molecule has 3 aromatic rings. The Bertz CT molecular complexity index is 871. The van der Waals surface area contributed by atoms with E-state index >= 15 is 0 Å². The molecule has 0 unspecified atom stereocenters. The van der Waals surface area contributed by atoms with Crippen LogP contribution < -0.4 is 16.2 Å². The van der Waals surface area contributed by atoms with Crippen LogP contribution in [0.1, 0.15) is 11.1 Å². The Morgan fingerprint density at radius 1 is 1.04 bits per heavy atom. The number of rotatable bonds is 3. The number of carbonyl (C=O) groups is 2. The van der Waals surface area contributed by atoms with E-state index in [0.717, 1.165) is 16.5 Å². The third kappa shape index (κ3) is 4.29. The van der Waals surface area contributed by atoms with Crippen molar-refractivity contribution in [2.75, 3.05) is 5.32 Å². The van der Waals surface area contributed by atoms with Crippen molar-refractivity contribution in [3.63, 3.8) is 0 Å². The second kappa shape index (κ2) is 7.39. The average molecular weight is 339 g/mol. The van der Waals surface area contributed by atoms with E-state index in [9.17, 15) is 9.59 Å². The number of amides is 3. The summed E-state index contributed by atoms with van der Waals surface area (Å²) in [5, 5.41) is 3.35. The summed E-state index contributed by atoms with van der Waals surface area (Å²) in [7, 11) is 0. The number of hydrogen-bond acceptors (Lipinski definition) is 4. The van der Waals surface area contributed by atoms with Crippen molar-refractivity contribution >= 4 is 29.0 Å². The van der Waals surface area contributed by atoms with Gasteiger partial charge in [-0.1, -0.05) is 42.5 Å². The first-order valence-electron chi connectivity index (χ1n) is 7.64. The largest absolute Gasteiger partial charge is 0.443 e. The summed E-state index contributed by atoms with van der Waals surface area (Å²) < 4.78 is 10.5. The first-order valence-corrected chi connectivity index (χ1v) is 7.64. The molecule has 128 valence electrons. The minimum absolute atomic E-state index is 0.116. The minimum atomic E-state index is -0.761. The summed E-state index contributed by atoms with van der Waals surface area (Å²) in [6.07, 6.45) is -0.761. The molecule has 0 spiro atoms. The number of anilines is 1. The van der Waals surface area contributed by atoms with E-state index < -0.39 is 12.1 Å². The molecule has 0 aliphatic heterocycles. The number of hydrazine groups is 1. The number of furan rings is 1. The first-order chi connectivity index (χ1) is 12.1. The van der Waals surface area contributed by atoms with Crippen LogP contribution in [0.5, 0.6) is 0 Å². The fourth-order valence-electron chi connectivity index (χ4n) is 2.25. The van der Waals surface area contributed by atoms with Gasteiger partial charge in [-0.05, 0) is 24.1 Å². The summed E-state index contributed by atoms with van der Waals surface area (Å²) in [4.78, 5) is 23.4. The Morgan fingerprint density at radius 3 is 2.60 bits per heavy atom. The van der Waals surface area contributed by atoms with E-state index in [1.165, 1.54) is 0 Å². The van der Waals surface area contributed by atoms with E-state index in [1.54, 1.807) is 12.1 Å². The zero-order valence-electron chi connectivity index (χ0n) is 13.5. The average Bonchev–Trinajstić information content (AvgIpc) is 3.01. The predicted molar refractivity (Wildman–Crippen MR) is 92.9 cm³/mol. The molecular formula is C18H17N3O4. The molecular weight excluding hydrogens is 322 g/mol. The molecule has 0 aliphatic carbocycles. The van der Waals surface area contributed by atoms with Crippen LogP contribution in [0.2, 0.25) is 0 Å². The summed E-state index contributed by atoms with van der Waals surface area (Å²) in [5.74, 6) is 0.272. The molecule has 0 saturated carbocycles. The molecule has 7 nitrogen and oxygen atoms in total. The van der Waals surface area contributed by atoms with Gasteiger partial charge < -0.3 is 9.15 Å². The second-order valence-electron chi connectivity index (χ2n) is 5.36. The molecule has 7 heteroatoms. The van der Waals surface area contributed by atoms with E-state index in [2.05, 4.69) is 16.2 Å². The van der Waals surface area contributed by atoms with Crippen LogP contribution in [0.3, 0.4) is 0 Å². The van der Waals surface area contributed by atoms with Crippen molar-refractivity contribution in [2.24, 2.45) is 0 Å². The van der Waals surface area contributed by atoms with Crippen LogP contribution in [0.15, 0.2) is 59.0 Å². The Labute approximate surface area is 143 Å². The van der Waals surface area contributed by atoms with Gasteiger partial charge in [0.05, 0.1) is 0 Å². The fraction of sp³-hybridized carbons (Fsp3) is 0.111. The van der Waals surface area contributed by atoms with E-state index in [0.29, 0.717) is 5.58 Å². The molecule has 0 fully saturated rings. The highest BCUT2D eigenvalue weighted by molar-refractivity contribution is 5.91. The van der Waals surface area contributed by atoms with Gasteiger partial charge in [-0.15, -0.1) is 0 Å². The number of para-hydroxylation sites is 1. The number of benzene rings is 2. The number of urea groups is 1.